The van der Waals surface area contributed by atoms with E-state index in [1.807, 2.05) is 0 Å². The molecule has 0 radical (unpaired) electrons. The summed E-state index contributed by atoms with van der Waals surface area (Å²) < 4.78 is 46.7. The highest BCUT2D eigenvalue weighted by Gasteiger charge is 2.27. The minimum absolute atomic E-state index is 0.0642. The molecule has 2 aromatic heterocycles. The quantitative estimate of drug-likeness (QED) is 0.212. The lowest BCUT2D eigenvalue weighted by Crippen LogP contribution is -2.27. The Kier molecular flexibility index (Phi) is 6.58. The molecule has 10 heteroatoms. The second kappa shape index (κ2) is 10.4. The molecule has 5 aromatic rings. The first-order valence-electron chi connectivity index (χ1n) is 12.7. The first-order chi connectivity index (χ1) is 19.8. The third kappa shape index (κ3) is 4.84. The zero-order chi connectivity index (χ0) is 28.7. The van der Waals surface area contributed by atoms with Gasteiger partial charge in [0.25, 0.3) is 5.56 Å². The maximum absolute atomic E-state index is 15.2. The second-order valence-corrected chi connectivity index (χ2v) is 9.50. The molecule has 41 heavy (non-hydrogen) atoms. The number of methoxy groups -OCH3 is 1. The molecule has 0 atom stereocenters. The lowest BCUT2D eigenvalue weighted by molar-refractivity contribution is 0.0988. The van der Waals surface area contributed by atoms with E-state index in [0.717, 1.165) is 0 Å². The van der Waals surface area contributed by atoms with Crippen molar-refractivity contribution >= 4 is 22.4 Å². The summed E-state index contributed by atoms with van der Waals surface area (Å²) in [6.07, 6.45) is 3.40. The van der Waals surface area contributed by atoms with Gasteiger partial charge in [0, 0.05) is 47.9 Å². The summed E-state index contributed by atoms with van der Waals surface area (Å²) >= 11 is 0. The molecule has 0 saturated heterocycles. The summed E-state index contributed by atoms with van der Waals surface area (Å²) in [4.78, 5) is 31.1. The summed E-state index contributed by atoms with van der Waals surface area (Å²) in [6.45, 7) is 0.325. The fourth-order valence-electron chi connectivity index (χ4n) is 4.86. The van der Waals surface area contributed by atoms with E-state index in [9.17, 15) is 14.0 Å². The minimum atomic E-state index is -0.694. The van der Waals surface area contributed by atoms with Crippen molar-refractivity contribution in [2.75, 3.05) is 19.5 Å². The van der Waals surface area contributed by atoms with Crippen LogP contribution in [0.15, 0.2) is 77.9 Å². The molecule has 0 spiro atoms. The van der Waals surface area contributed by atoms with Crippen LogP contribution in [0.1, 0.15) is 21.5 Å². The van der Waals surface area contributed by atoms with Gasteiger partial charge in [0.05, 0.1) is 24.9 Å². The van der Waals surface area contributed by atoms with Crippen molar-refractivity contribution in [3.8, 4) is 28.7 Å². The van der Waals surface area contributed by atoms with Crippen LogP contribution in [0.2, 0.25) is 0 Å². The van der Waals surface area contributed by atoms with E-state index in [1.165, 1.54) is 54.3 Å². The number of fused-ring (bicyclic) bond motifs is 2. The Labute approximate surface area is 232 Å². The van der Waals surface area contributed by atoms with E-state index in [2.05, 4.69) is 4.98 Å². The Morgan fingerprint density at radius 1 is 1.05 bits per heavy atom. The summed E-state index contributed by atoms with van der Waals surface area (Å²) in [5, 5.41) is 0.569. The molecule has 0 unspecified atom stereocenters. The number of pyridine rings is 2. The zero-order valence-corrected chi connectivity index (χ0v) is 21.8. The lowest BCUT2D eigenvalue weighted by atomic mass is 10.0. The first kappa shape index (κ1) is 26.0. The Morgan fingerprint density at radius 2 is 1.85 bits per heavy atom. The van der Waals surface area contributed by atoms with Gasteiger partial charge in [0.2, 0.25) is 0 Å². The average Bonchev–Trinajstić information content (AvgIpc) is 3.42. The van der Waals surface area contributed by atoms with Gasteiger partial charge in [-0.2, -0.15) is 0 Å². The van der Waals surface area contributed by atoms with Crippen molar-refractivity contribution in [1.29, 1.82) is 0 Å². The van der Waals surface area contributed by atoms with Crippen LogP contribution < -0.4 is 25.5 Å². The van der Waals surface area contributed by atoms with Gasteiger partial charge in [0.15, 0.2) is 17.3 Å². The number of benzene rings is 3. The average molecular weight is 556 g/mol. The van der Waals surface area contributed by atoms with Gasteiger partial charge in [-0.05, 0) is 54.1 Å². The molecule has 0 bridgehead atoms. The number of anilines is 1. The normalized spacial score (nSPS) is 12.2. The van der Waals surface area contributed by atoms with E-state index in [4.69, 9.17) is 19.9 Å². The van der Waals surface area contributed by atoms with Crippen LogP contribution in [0.3, 0.4) is 0 Å². The SMILES string of the molecule is COc1cc2nccc(Oc3ccc(CC(=O)c4c5c(cn(-c6ccc(F)cc6)c4=O)CCO5)cc3F)c2cc1N. The number of carbonyl (C=O) groups excluding carboxylic acids is 1. The van der Waals surface area contributed by atoms with Crippen molar-refractivity contribution in [2.45, 2.75) is 12.8 Å². The Bertz CT molecular complexity index is 1890. The molecule has 2 N–H and O–H groups in total. The maximum Gasteiger partial charge on any atom is 0.269 e. The predicted octanol–water partition coefficient (Wildman–Crippen LogP) is 5.41. The highest BCUT2D eigenvalue weighted by atomic mass is 19.1. The number of hydrogen-bond donors (Lipinski definition) is 1. The third-order valence-electron chi connectivity index (χ3n) is 6.87. The third-order valence-corrected chi connectivity index (χ3v) is 6.87. The van der Waals surface area contributed by atoms with Crippen LogP contribution in [0.25, 0.3) is 16.6 Å². The summed E-state index contributed by atoms with van der Waals surface area (Å²) in [5.41, 5.74) is 7.70. The van der Waals surface area contributed by atoms with Crippen molar-refractivity contribution in [3.05, 3.63) is 112 Å². The van der Waals surface area contributed by atoms with Crippen molar-refractivity contribution in [1.82, 2.24) is 9.55 Å². The maximum atomic E-state index is 15.2. The number of hydrogen-bond acceptors (Lipinski definition) is 7. The molecule has 1 aliphatic heterocycles. The molecule has 206 valence electrons. The standard InChI is InChI=1S/C31H23F2N3O5/c1-39-28-15-24-21(14-23(28)34)26(8-10-35-24)41-27-7-2-17(12-22(27)33)13-25(37)29-30-18(9-11-40-30)16-36(31(29)38)20-5-3-19(32)4-6-20/h2-8,10,12,14-16H,9,11,13,34H2,1H3. The number of nitrogens with two attached hydrogens (primary N) is 1. The van der Waals surface area contributed by atoms with Crippen molar-refractivity contribution < 1.29 is 27.8 Å². The van der Waals surface area contributed by atoms with Gasteiger partial charge in [-0.1, -0.05) is 6.07 Å². The molecule has 3 heterocycles. The Balaban J connectivity index is 1.29. The minimum Gasteiger partial charge on any atom is -0.495 e. The van der Waals surface area contributed by atoms with Crippen molar-refractivity contribution in [2.24, 2.45) is 0 Å². The smallest absolute Gasteiger partial charge is 0.269 e. The van der Waals surface area contributed by atoms with Gasteiger partial charge < -0.3 is 19.9 Å². The van der Waals surface area contributed by atoms with Gasteiger partial charge in [-0.15, -0.1) is 0 Å². The highest BCUT2D eigenvalue weighted by Crippen LogP contribution is 2.35. The van der Waals surface area contributed by atoms with Crippen LogP contribution in [0, 0.1) is 11.6 Å². The molecule has 0 amide bonds. The molecule has 3 aromatic carbocycles. The Morgan fingerprint density at radius 3 is 2.61 bits per heavy atom. The number of rotatable bonds is 7. The van der Waals surface area contributed by atoms with Crippen LogP contribution in [0.4, 0.5) is 14.5 Å². The number of aromatic nitrogens is 2. The molecule has 6 rings (SSSR count). The highest BCUT2D eigenvalue weighted by molar-refractivity contribution is 6.00. The van der Waals surface area contributed by atoms with Gasteiger partial charge in [0.1, 0.15) is 28.6 Å². The van der Waals surface area contributed by atoms with Crippen LogP contribution in [0.5, 0.6) is 23.0 Å². The molecule has 0 fully saturated rings. The van der Waals surface area contributed by atoms with E-state index in [-0.39, 0.29) is 23.5 Å². The molecule has 0 aliphatic carbocycles. The zero-order valence-electron chi connectivity index (χ0n) is 21.8. The fourth-order valence-corrected chi connectivity index (χ4v) is 4.86. The number of ether oxygens (including phenoxy) is 3. The molecule has 0 saturated carbocycles. The summed E-state index contributed by atoms with van der Waals surface area (Å²) in [7, 11) is 1.50. The Hall–Kier alpha value is -5.25. The lowest BCUT2D eigenvalue weighted by Gasteiger charge is -2.13. The van der Waals surface area contributed by atoms with Gasteiger partial charge >= 0.3 is 0 Å². The van der Waals surface area contributed by atoms with Crippen LogP contribution in [-0.2, 0) is 12.8 Å². The molecular weight excluding hydrogens is 532 g/mol. The largest absolute Gasteiger partial charge is 0.495 e. The number of Topliss-reactive ketones (excluding diaryl/α,β-unsaturated/α-hetero) is 1. The fraction of sp³-hybridized carbons (Fsp3) is 0.129. The van der Waals surface area contributed by atoms with E-state index in [1.54, 1.807) is 30.5 Å². The number of halogens is 2. The first-order valence-corrected chi connectivity index (χ1v) is 12.7. The summed E-state index contributed by atoms with van der Waals surface area (Å²) in [6, 6.07) is 14.4. The monoisotopic (exact) mass is 555 g/mol. The van der Waals surface area contributed by atoms with Crippen LogP contribution in [-0.4, -0.2) is 29.1 Å². The number of nitrogen functional groups attached to an aromatic ring is 1. The van der Waals surface area contributed by atoms with E-state index in [0.29, 0.717) is 57.9 Å². The molecule has 1 aliphatic rings. The van der Waals surface area contributed by atoms with E-state index >= 15 is 4.39 Å². The number of nitrogens with zero attached hydrogens (tertiary/aromatic N) is 2. The van der Waals surface area contributed by atoms with Gasteiger partial charge in [-0.25, -0.2) is 8.78 Å². The second-order valence-electron chi connectivity index (χ2n) is 9.50. The topological polar surface area (TPSA) is 106 Å². The predicted molar refractivity (Wildman–Crippen MR) is 148 cm³/mol. The molecule has 8 nitrogen and oxygen atoms in total. The molecular formula is C31H23F2N3O5. The number of carbonyl (C=O) groups is 1. The van der Waals surface area contributed by atoms with E-state index < -0.39 is 23.0 Å². The number of ketones is 1. The van der Waals surface area contributed by atoms with Gasteiger partial charge in [-0.3, -0.25) is 19.1 Å². The van der Waals surface area contributed by atoms with Crippen LogP contribution >= 0.6 is 0 Å². The van der Waals surface area contributed by atoms with Crippen molar-refractivity contribution in [3.63, 3.8) is 0 Å². The summed E-state index contributed by atoms with van der Waals surface area (Å²) in [5.74, 6) is -0.697.